The van der Waals surface area contributed by atoms with E-state index in [-0.39, 0.29) is 5.97 Å². The summed E-state index contributed by atoms with van der Waals surface area (Å²) < 4.78 is 10.6. The van der Waals surface area contributed by atoms with Gasteiger partial charge in [0, 0.05) is 6.42 Å². The second-order valence-corrected chi connectivity index (χ2v) is 5.01. The van der Waals surface area contributed by atoms with Crippen LogP contribution in [0.4, 0.5) is 0 Å². The second kappa shape index (κ2) is 6.93. The van der Waals surface area contributed by atoms with Gasteiger partial charge in [-0.15, -0.1) is 0 Å². The van der Waals surface area contributed by atoms with Gasteiger partial charge < -0.3 is 9.47 Å². The van der Waals surface area contributed by atoms with Crippen LogP contribution in [-0.2, 0) is 11.2 Å². The SMILES string of the molecule is COC(=O)c1c(C)cc(OCCc2ccccc2)cc1C. The van der Waals surface area contributed by atoms with Crippen LogP contribution < -0.4 is 4.74 Å². The third kappa shape index (κ3) is 3.85. The zero-order valence-electron chi connectivity index (χ0n) is 12.7. The molecule has 0 unspecified atom stereocenters. The Morgan fingerprint density at radius 1 is 1.05 bits per heavy atom. The molecule has 2 aromatic rings. The quantitative estimate of drug-likeness (QED) is 0.785. The topological polar surface area (TPSA) is 35.5 Å². The molecule has 3 nitrogen and oxygen atoms in total. The first kappa shape index (κ1) is 15.1. The molecule has 0 spiro atoms. The van der Waals surface area contributed by atoms with E-state index >= 15 is 0 Å². The van der Waals surface area contributed by atoms with Crippen LogP contribution in [0.5, 0.6) is 5.75 Å². The van der Waals surface area contributed by atoms with E-state index in [2.05, 4.69) is 12.1 Å². The van der Waals surface area contributed by atoms with Crippen molar-refractivity contribution in [2.75, 3.05) is 13.7 Å². The Morgan fingerprint density at radius 2 is 1.67 bits per heavy atom. The maximum Gasteiger partial charge on any atom is 0.338 e. The van der Waals surface area contributed by atoms with Crippen LogP contribution in [0.15, 0.2) is 42.5 Å². The molecule has 0 aromatic heterocycles. The summed E-state index contributed by atoms with van der Waals surface area (Å²) in [6, 6.07) is 14.0. The molecular formula is C18H20O3. The Kier molecular flexibility index (Phi) is 4.99. The predicted octanol–water partition coefficient (Wildman–Crippen LogP) is 3.71. The summed E-state index contributed by atoms with van der Waals surface area (Å²) in [5.41, 5.74) is 3.61. The van der Waals surface area contributed by atoms with E-state index in [0.717, 1.165) is 23.3 Å². The molecule has 0 bridgehead atoms. The summed E-state index contributed by atoms with van der Waals surface area (Å²) in [6.07, 6.45) is 0.859. The van der Waals surface area contributed by atoms with E-state index in [0.29, 0.717) is 12.2 Å². The average molecular weight is 284 g/mol. The molecule has 2 aromatic carbocycles. The lowest BCUT2D eigenvalue weighted by atomic mass is 10.0. The Bertz CT molecular complexity index is 595. The van der Waals surface area contributed by atoms with E-state index in [1.165, 1.54) is 12.7 Å². The summed E-state index contributed by atoms with van der Waals surface area (Å²) in [6.45, 7) is 4.40. The molecule has 0 fully saturated rings. The Labute approximate surface area is 125 Å². The minimum atomic E-state index is -0.305. The van der Waals surface area contributed by atoms with Crippen LogP contribution >= 0.6 is 0 Å². The van der Waals surface area contributed by atoms with E-state index < -0.39 is 0 Å². The van der Waals surface area contributed by atoms with Gasteiger partial charge in [0.05, 0.1) is 19.3 Å². The predicted molar refractivity (Wildman–Crippen MR) is 82.9 cm³/mol. The van der Waals surface area contributed by atoms with Crippen molar-refractivity contribution in [3.8, 4) is 5.75 Å². The van der Waals surface area contributed by atoms with Gasteiger partial charge in [0.1, 0.15) is 5.75 Å². The minimum absolute atomic E-state index is 0.305. The highest BCUT2D eigenvalue weighted by atomic mass is 16.5. The molecule has 110 valence electrons. The van der Waals surface area contributed by atoms with E-state index in [4.69, 9.17) is 9.47 Å². The van der Waals surface area contributed by atoms with Gasteiger partial charge in [-0.3, -0.25) is 0 Å². The van der Waals surface area contributed by atoms with Crippen LogP contribution in [0, 0.1) is 13.8 Å². The number of aryl methyl sites for hydroxylation is 2. The highest BCUT2D eigenvalue weighted by Gasteiger charge is 2.14. The maximum absolute atomic E-state index is 11.7. The fourth-order valence-electron chi connectivity index (χ4n) is 2.36. The zero-order chi connectivity index (χ0) is 15.2. The number of rotatable bonds is 5. The molecule has 0 saturated carbocycles. The smallest absolute Gasteiger partial charge is 0.338 e. The average Bonchev–Trinajstić information content (AvgIpc) is 2.47. The zero-order valence-corrected chi connectivity index (χ0v) is 12.7. The van der Waals surface area contributed by atoms with Gasteiger partial charge in [0.15, 0.2) is 0 Å². The van der Waals surface area contributed by atoms with Crippen LogP contribution in [0.25, 0.3) is 0 Å². The summed E-state index contributed by atoms with van der Waals surface area (Å²) >= 11 is 0. The summed E-state index contributed by atoms with van der Waals surface area (Å²) in [5, 5.41) is 0. The summed E-state index contributed by atoms with van der Waals surface area (Å²) in [5.74, 6) is 0.481. The lowest BCUT2D eigenvalue weighted by Gasteiger charge is -2.12. The summed E-state index contributed by atoms with van der Waals surface area (Å²) in [4.78, 5) is 11.7. The number of hydrogen-bond donors (Lipinski definition) is 0. The Hall–Kier alpha value is -2.29. The number of ether oxygens (including phenoxy) is 2. The monoisotopic (exact) mass is 284 g/mol. The fraction of sp³-hybridized carbons (Fsp3) is 0.278. The molecule has 0 saturated heterocycles. The normalized spacial score (nSPS) is 10.2. The third-order valence-corrected chi connectivity index (χ3v) is 3.40. The molecule has 21 heavy (non-hydrogen) atoms. The van der Waals surface area contributed by atoms with Crippen LogP contribution in [-0.4, -0.2) is 19.7 Å². The van der Waals surface area contributed by atoms with Crippen molar-refractivity contribution in [1.29, 1.82) is 0 Å². The standard InChI is InChI=1S/C18H20O3/c1-13-11-16(12-14(2)17(13)18(19)20-3)21-10-9-15-7-5-4-6-8-15/h4-8,11-12H,9-10H2,1-3H3. The number of carbonyl (C=O) groups is 1. The second-order valence-electron chi connectivity index (χ2n) is 5.01. The number of hydrogen-bond acceptors (Lipinski definition) is 3. The van der Waals surface area contributed by atoms with E-state index in [9.17, 15) is 4.79 Å². The van der Waals surface area contributed by atoms with Crippen molar-refractivity contribution in [1.82, 2.24) is 0 Å². The first-order valence-electron chi connectivity index (χ1n) is 6.98. The first-order chi connectivity index (χ1) is 10.1. The van der Waals surface area contributed by atoms with Gasteiger partial charge in [-0.2, -0.15) is 0 Å². The van der Waals surface area contributed by atoms with Crippen molar-refractivity contribution >= 4 is 5.97 Å². The van der Waals surface area contributed by atoms with Gasteiger partial charge >= 0.3 is 5.97 Å². The van der Waals surface area contributed by atoms with Gasteiger partial charge in [-0.05, 0) is 42.7 Å². The molecule has 0 heterocycles. The van der Waals surface area contributed by atoms with Crippen molar-refractivity contribution in [2.45, 2.75) is 20.3 Å². The molecular weight excluding hydrogens is 264 g/mol. The molecule has 0 atom stereocenters. The van der Waals surface area contributed by atoms with Crippen LogP contribution in [0.3, 0.4) is 0 Å². The largest absolute Gasteiger partial charge is 0.493 e. The van der Waals surface area contributed by atoms with Crippen molar-refractivity contribution in [3.05, 3.63) is 64.7 Å². The Morgan fingerprint density at radius 3 is 2.24 bits per heavy atom. The lowest BCUT2D eigenvalue weighted by molar-refractivity contribution is 0.0599. The number of carbonyl (C=O) groups excluding carboxylic acids is 1. The number of methoxy groups -OCH3 is 1. The highest BCUT2D eigenvalue weighted by molar-refractivity contribution is 5.92. The highest BCUT2D eigenvalue weighted by Crippen LogP contribution is 2.22. The van der Waals surface area contributed by atoms with Crippen molar-refractivity contribution in [3.63, 3.8) is 0 Å². The molecule has 0 N–H and O–H groups in total. The fourth-order valence-corrected chi connectivity index (χ4v) is 2.36. The third-order valence-electron chi connectivity index (χ3n) is 3.40. The van der Waals surface area contributed by atoms with E-state index in [1.54, 1.807) is 0 Å². The van der Waals surface area contributed by atoms with Gasteiger partial charge in [-0.1, -0.05) is 30.3 Å². The van der Waals surface area contributed by atoms with Gasteiger partial charge in [0.2, 0.25) is 0 Å². The molecule has 0 aliphatic carbocycles. The maximum atomic E-state index is 11.7. The van der Waals surface area contributed by atoms with Crippen molar-refractivity contribution in [2.24, 2.45) is 0 Å². The molecule has 0 aliphatic rings. The molecule has 0 radical (unpaired) electrons. The minimum Gasteiger partial charge on any atom is -0.493 e. The Balaban J connectivity index is 2.03. The molecule has 0 aliphatic heterocycles. The van der Waals surface area contributed by atoms with Gasteiger partial charge in [0.25, 0.3) is 0 Å². The van der Waals surface area contributed by atoms with E-state index in [1.807, 2.05) is 44.2 Å². The van der Waals surface area contributed by atoms with Crippen LogP contribution in [0.2, 0.25) is 0 Å². The van der Waals surface area contributed by atoms with Crippen molar-refractivity contribution < 1.29 is 14.3 Å². The summed E-state index contributed by atoms with van der Waals surface area (Å²) in [7, 11) is 1.39. The molecule has 0 amide bonds. The number of esters is 1. The molecule has 2 rings (SSSR count). The van der Waals surface area contributed by atoms with Crippen LogP contribution in [0.1, 0.15) is 27.0 Å². The molecule has 3 heteroatoms. The first-order valence-corrected chi connectivity index (χ1v) is 6.98. The number of benzene rings is 2. The van der Waals surface area contributed by atoms with Gasteiger partial charge in [-0.25, -0.2) is 4.79 Å². The lowest BCUT2D eigenvalue weighted by Crippen LogP contribution is -2.08.